The molecule has 0 bridgehead atoms. The number of nitrogens with two attached hydrogens (primary N) is 1. The summed E-state index contributed by atoms with van der Waals surface area (Å²) in [6.45, 7) is 4.87. The molecule has 0 saturated carbocycles. The molecule has 1 aromatic heterocycles. The molecule has 0 aromatic carbocycles. The van der Waals surface area contributed by atoms with E-state index in [1.807, 2.05) is 0 Å². The minimum atomic E-state index is -0.437. The number of rotatable bonds is 4. The molecule has 0 aliphatic carbocycles. The minimum Gasteiger partial charge on any atom is -0.461 e. The van der Waals surface area contributed by atoms with Crippen molar-refractivity contribution in [1.82, 2.24) is 15.0 Å². The number of carbonyl (C=O) groups excluding carboxylic acids is 1. The fourth-order valence-corrected chi connectivity index (χ4v) is 1.08. The van der Waals surface area contributed by atoms with Crippen LogP contribution in [0.25, 0.3) is 0 Å². The van der Waals surface area contributed by atoms with Gasteiger partial charge < -0.3 is 10.5 Å². The molecule has 1 aromatic rings. The quantitative estimate of drug-likeness (QED) is 0.673. The largest absolute Gasteiger partial charge is 0.461 e. The van der Waals surface area contributed by atoms with Crippen LogP contribution in [-0.2, 0) is 11.3 Å². The van der Waals surface area contributed by atoms with Gasteiger partial charge in [0.05, 0.1) is 18.8 Å². The number of nitrogens with zero attached hydrogens (tertiary/aromatic N) is 3. The lowest BCUT2D eigenvalue weighted by Gasteiger charge is -2.00. The van der Waals surface area contributed by atoms with Gasteiger partial charge in [-0.15, -0.1) is 5.10 Å². The summed E-state index contributed by atoms with van der Waals surface area (Å²) in [7, 11) is 0. The number of carbonyl (C=O) groups is 1. The zero-order chi connectivity index (χ0) is 10.6. The summed E-state index contributed by atoms with van der Waals surface area (Å²) in [4.78, 5) is 11.3. The molecule has 0 atom stereocenters. The molecule has 0 aliphatic heterocycles. The second-order valence-electron chi connectivity index (χ2n) is 2.76. The van der Waals surface area contributed by atoms with E-state index in [-0.39, 0.29) is 5.69 Å². The van der Waals surface area contributed by atoms with Crippen LogP contribution in [0.15, 0.2) is 0 Å². The number of hydrogen-bond acceptors (Lipinski definition) is 5. The van der Waals surface area contributed by atoms with Crippen LogP contribution >= 0.6 is 0 Å². The molecule has 0 aliphatic rings. The third-order valence-electron chi connectivity index (χ3n) is 1.79. The van der Waals surface area contributed by atoms with Crippen molar-refractivity contribution in [3.8, 4) is 0 Å². The summed E-state index contributed by atoms with van der Waals surface area (Å²) < 4.78 is 6.40. The summed E-state index contributed by atoms with van der Waals surface area (Å²) in [5, 5.41) is 7.53. The van der Waals surface area contributed by atoms with Gasteiger partial charge in [0.1, 0.15) is 0 Å². The molecule has 2 N–H and O–H groups in total. The highest BCUT2D eigenvalue weighted by atomic mass is 16.5. The summed E-state index contributed by atoms with van der Waals surface area (Å²) in [6, 6.07) is 0. The Labute approximate surface area is 82.0 Å². The van der Waals surface area contributed by atoms with Crippen molar-refractivity contribution < 1.29 is 9.53 Å². The van der Waals surface area contributed by atoms with Crippen molar-refractivity contribution in [2.24, 2.45) is 5.73 Å². The number of ether oxygens (including phenoxy) is 1. The van der Waals surface area contributed by atoms with Gasteiger partial charge >= 0.3 is 5.97 Å². The zero-order valence-corrected chi connectivity index (χ0v) is 8.36. The van der Waals surface area contributed by atoms with Crippen molar-refractivity contribution >= 4 is 5.97 Å². The molecule has 14 heavy (non-hydrogen) atoms. The van der Waals surface area contributed by atoms with Gasteiger partial charge in [-0.25, -0.2) is 9.48 Å². The molecule has 0 unspecified atom stereocenters. The maximum absolute atomic E-state index is 11.3. The lowest BCUT2D eigenvalue weighted by atomic mass is 10.3. The lowest BCUT2D eigenvalue weighted by molar-refractivity contribution is 0.0518. The number of esters is 1. The summed E-state index contributed by atoms with van der Waals surface area (Å²) >= 11 is 0. The molecule has 0 saturated heterocycles. The molecule has 0 amide bonds. The van der Waals surface area contributed by atoms with Crippen molar-refractivity contribution in [1.29, 1.82) is 0 Å². The second kappa shape index (κ2) is 4.71. The molecule has 0 fully saturated rings. The van der Waals surface area contributed by atoms with Crippen LogP contribution in [0.3, 0.4) is 0 Å². The Morgan fingerprint density at radius 1 is 1.64 bits per heavy atom. The second-order valence-corrected chi connectivity index (χ2v) is 2.76. The van der Waals surface area contributed by atoms with Gasteiger partial charge in [-0.05, 0) is 13.8 Å². The maximum atomic E-state index is 11.3. The van der Waals surface area contributed by atoms with E-state index in [0.717, 1.165) is 0 Å². The van der Waals surface area contributed by atoms with Crippen LogP contribution in [-0.4, -0.2) is 34.1 Å². The Kier molecular flexibility index (Phi) is 3.58. The lowest BCUT2D eigenvalue weighted by Crippen LogP contribution is -2.13. The zero-order valence-electron chi connectivity index (χ0n) is 8.36. The van der Waals surface area contributed by atoms with Crippen molar-refractivity contribution in [2.45, 2.75) is 20.4 Å². The van der Waals surface area contributed by atoms with E-state index in [2.05, 4.69) is 10.3 Å². The third-order valence-corrected chi connectivity index (χ3v) is 1.79. The van der Waals surface area contributed by atoms with Gasteiger partial charge in [0.25, 0.3) is 0 Å². The predicted molar refractivity (Wildman–Crippen MR) is 49.8 cm³/mol. The van der Waals surface area contributed by atoms with E-state index in [0.29, 0.717) is 25.4 Å². The molecule has 78 valence electrons. The summed E-state index contributed by atoms with van der Waals surface area (Å²) in [6.07, 6.45) is 0. The van der Waals surface area contributed by atoms with Crippen LogP contribution in [0.5, 0.6) is 0 Å². The van der Waals surface area contributed by atoms with Crippen LogP contribution in [0.4, 0.5) is 0 Å². The van der Waals surface area contributed by atoms with Gasteiger partial charge in [0.15, 0.2) is 5.69 Å². The Balaban J connectivity index is 2.83. The Morgan fingerprint density at radius 3 is 2.93 bits per heavy atom. The monoisotopic (exact) mass is 198 g/mol. The van der Waals surface area contributed by atoms with Crippen LogP contribution < -0.4 is 5.73 Å². The number of aromatic nitrogens is 3. The van der Waals surface area contributed by atoms with E-state index < -0.39 is 5.97 Å². The van der Waals surface area contributed by atoms with Crippen molar-refractivity contribution in [2.75, 3.05) is 13.2 Å². The highest BCUT2D eigenvalue weighted by molar-refractivity contribution is 5.88. The predicted octanol–water partition coefficient (Wildman–Crippen LogP) is -0.278. The third kappa shape index (κ3) is 2.08. The Hall–Kier alpha value is -1.43. The maximum Gasteiger partial charge on any atom is 0.360 e. The highest BCUT2D eigenvalue weighted by Gasteiger charge is 2.16. The summed E-state index contributed by atoms with van der Waals surface area (Å²) in [5.74, 6) is -0.437. The number of hydrogen-bond donors (Lipinski definition) is 1. The van der Waals surface area contributed by atoms with E-state index in [9.17, 15) is 4.79 Å². The molecular weight excluding hydrogens is 184 g/mol. The average molecular weight is 198 g/mol. The summed E-state index contributed by atoms with van der Waals surface area (Å²) in [5.41, 5.74) is 6.32. The van der Waals surface area contributed by atoms with E-state index >= 15 is 0 Å². The molecular formula is C8H14N4O2. The molecule has 6 nitrogen and oxygen atoms in total. The molecule has 0 spiro atoms. The van der Waals surface area contributed by atoms with Gasteiger partial charge in [0, 0.05) is 6.54 Å². The molecule has 6 heteroatoms. The smallest absolute Gasteiger partial charge is 0.360 e. The molecule has 1 heterocycles. The highest BCUT2D eigenvalue weighted by Crippen LogP contribution is 2.04. The first-order chi connectivity index (χ1) is 6.70. The van der Waals surface area contributed by atoms with Crippen LogP contribution in [0.1, 0.15) is 23.1 Å². The molecule has 1 rings (SSSR count). The van der Waals surface area contributed by atoms with Crippen LogP contribution in [0, 0.1) is 6.92 Å². The van der Waals surface area contributed by atoms with Crippen molar-refractivity contribution in [3.05, 3.63) is 11.4 Å². The topological polar surface area (TPSA) is 83.0 Å². The van der Waals surface area contributed by atoms with E-state index in [1.54, 1.807) is 18.5 Å². The standard InChI is InChI=1S/C8H14N4O2/c1-3-14-8(13)7-6(2)12(5-4-9)11-10-7/h3-5,9H2,1-2H3. The van der Waals surface area contributed by atoms with E-state index in [1.165, 1.54) is 0 Å². The SMILES string of the molecule is CCOC(=O)c1nnn(CCN)c1C. The Morgan fingerprint density at radius 2 is 2.36 bits per heavy atom. The van der Waals surface area contributed by atoms with Gasteiger partial charge in [-0.2, -0.15) is 0 Å². The fraction of sp³-hybridized carbons (Fsp3) is 0.625. The van der Waals surface area contributed by atoms with Gasteiger partial charge in [-0.1, -0.05) is 5.21 Å². The normalized spacial score (nSPS) is 10.2. The van der Waals surface area contributed by atoms with Gasteiger partial charge in [-0.3, -0.25) is 0 Å². The van der Waals surface area contributed by atoms with Crippen LogP contribution in [0.2, 0.25) is 0 Å². The van der Waals surface area contributed by atoms with E-state index in [4.69, 9.17) is 10.5 Å². The molecule has 0 radical (unpaired) electrons. The first kappa shape index (κ1) is 10.6. The fourth-order valence-electron chi connectivity index (χ4n) is 1.08. The Bertz CT molecular complexity index is 321. The van der Waals surface area contributed by atoms with Gasteiger partial charge in [0.2, 0.25) is 0 Å². The first-order valence-corrected chi connectivity index (χ1v) is 4.48. The first-order valence-electron chi connectivity index (χ1n) is 4.48. The minimum absolute atomic E-state index is 0.264. The van der Waals surface area contributed by atoms with Crippen molar-refractivity contribution in [3.63, 3.8) is 0 Å². The average Bonchev–Trinajstić information content (AvgIpc) is 2.49.